The van der Waals surface area contributed by atoms with E-state index in [1.54, 1.807) is 10.9 Å². The summed E-state index contributed by atoms with van der Waals surface area (Å²) in [4.78, 5) is 20.9. The number of carbonyl (C=O) groups excluding carboxylic acids is 1. The van der Waals surface area contributed by atoms with Gasteiger partial charge < -0.3 is 10.0 Å². The molecule has 1 amide bonds. The quantitative estimate of drug-likeness (QED) is 0.901. The van der Waals surface area contributed by atoms with E-state index in [0.717, 1.165) is 19.4 Å². The number of hydrogen-bond donors (Lipinski definition) is 1. The number of likely N-dealkylation sites (N-methyl/N-ethyl adjacent to an activating group) is 1. The van der Waals surface area contributed by atoms with E-state index in [2.05, 4.69) is 48.1 Å². The van der Waals surface area contributed by atoms with E-state index in [0.29, 0.717) is 18.8 Å². The summed E-state index contributed by atoms with van der Waals surface area (Å²) in [6.07, 6.45) is 1.13. The van der Waals surface area contributed by atoms with Crippen molar-refractivity contribution >= 4 is 17.2 Å². The lowest BCUT2D eigenvalue weighted by Crippen LogP contribution is -2.50. The van der Waals surface area contributed by atoms with Crippen molar-refractivity contribution in [1.29, 1.82) is 0 Å². The number of piperidine rings is 1. The lowest BCUT2D eigenvalue weighted by atomic mass is 9.72. The molecule has 1 aliphatic carbocycles. The van der Waals surface area contributed by atoms with Crippen LogP contribution in [0.3, 0.4) is 0 Å². The summed E-state index contributed by atoms with van der Waals surface area (Å²) in [6, 6.07) is 8.46. The predicted molar refractivity (Wildman–Crippen MR) is 102 cm³/mol. The molecule has 0 unspecified atom stereocenters. The second-order valence-corrected chi connectivity index (χ2v) is 8.09. The molecule has 1 saturated heterocycles. The Bertz CT molecular complexity index is 784. The maximum absolute atomic E-state index is 12.6. The summed E-state index contributed by atoms with van der Waals surface area (Å²) < 4.78 is 0. The molecule has 26 heavy (non-hydrogen) atoms. The van der Waals surface area contributed by atoms with Crippen molar-refractivity contribution in [2.75, 3.05) is 26.7 Å². The molecule has 2 heterocycles. The average Bonchev–Trinajstić information content (AvgIpc) is 3.29. The van der Waals surface area contributed by atoms with Crippen molar-refractivity contribution in [2.24, 2.45) is 0 Å². The summed E-state index contributed by atoms with van der Waals surface area (Å²) in [7, 11) is 2.07. The van der Waals surface area contributed by atoms with Crippen LogP contribution in [-0.2, 0) is 5.41 Å². The van der Waals surface area contributed by atoms with Crippen LogP contribution in [-0.4, -0.2) is 58.6 Å². The molecular weight excluding hydrogens is 346 g/mol. The minimum absolute atomic E-state index is 0.00379. The highest BCUT2D eigenvalue weighted by atomic mass is 32.1. The molecule has 6 heteroatoms. The van der Waals surface area contributed by atoms with Crippen LogP contribution in [0.15, 0.2) is 35.2 Å². The van der Waals surface area contributed by atoms with Crippen LogP contribution in [0.1, 0.15) is 47.4 Å². The minimum atomic E-state index is -0.443. The number of likely N-dealkylation sites (tertiary alicyclic amines) is 1. The third-order valence-corrected chi connectivity index (χ3v) is 6.84. The largest absolute Gasteiger partial charge is 0.390 e. The van der Waals surface area contributed by atoms with Gasteiger partial charge in [0.25, 0.3) is 5.91 Å². The van der Waals surface area contributed by atoms with Crippen molar-refractivity contribution in [3.05, 3.63) is 52.0 Å². The fourth-order valence-corrected chi connectivity index (χ4v) is 5.20. The molecule has 0 radical (unpaired) electrons. The summed E-state index contributed by atoms with van der Waals surface area (Å²) >= 11 is 1.44. The topological polar surface area (TPSA) is 56.7 Å². The van der Waals surface area contributed by atoms with Gasteiger partial charge in [-0.1, -0.05) is 31.2 Å². The lowest BCUT2D eigenvalue weighted by Gasteiger charge is -2.43. The van der Waals surface area contributed by atoms with Gasteiger partial charge in [-0.25, -0.2) is 4.98 Å². The van der Waals surface area contributed by atoms with Crippen LogP contribution in [0.4, 0.5) is 0 Å². The van der Waals surface area contributed by atoms with Crippen molar-refractivity contribution in [3.8, 4) is 0 Å². The fraction of sp³-hybridized carbons (Fsp3) is 0.500. The number of hydrogen-bond acceptors (Lipinski definition) is 5. The van der Waals surface area contributed by atoms with Gasteiger partial charge in [-0.2, -0.15) is 0 Å². The first-order valence-electron chi connectivity index (χ1n) is 9.23. The highest BCUT2D eigenvalue weighted by Crippen LogP contribution is 2.52. The Balaban J connectivity index is 1.61. The zero-order chi connectivity index (χ0) is 18.3. The molecule has 2 aromatic rings. The normalized spacial score (nSPS) is 24.2. The maximum Gasteiger partial charge on any atom is 0.273 e. The molecule has 1 N–H and O–H groups in total. The molecule has 1 spiro atoms. The summed E-state index contributed by atoms with van der Waals surface area (Å²) in [5.74, 6) is 0.00379. The Kier molecular flexibility index (Phi) is 4.59. The number of rotatable bonds is 3. The third-order valence-electron chi connectivity index (χ3n) is 6.25. The Labute approximate surface area is 158 Å². The van der Waals surface area contributed by atoms with Crippen LogP contribution in [0.2, 0.25) is 0 Å². The molecule has 0 bridgehead atoms. The second-order valence-electron chi connectivity index (χ2n) is 7.37. The molecule has 2 atom stereocenters. The first-order chi connectivity index (χ1) is 12.6. The maximum atomic E-state index is 12.6. The van der Waals surface area contributed by atoms with Gasteiger partial charge in [0.1, 0.15) is 5.69 Å². The van der Waals surface area contributed by atoms with Crippen molar-refractivity contribution in [1.82, 2.24) is 14.8 Å². The van der Waals surface area contributed by atoms with Gasteiger partial charge in [0.2, 0.25) is 0 Å². The van der Waals surface area contributed by atoms with Gasteiger partial charge in [-0.05, 0) is 37.6 Å². The zero-order valence-electron chi connectivity index (χ0n) is 15.3. The lowest BCUT2D eigenvalue weighted by molar-refractivity contribution is -0.00600. The number of fused-ring (bicyclic) bond motifs is 2. The number of amides is 1. The smallest absolute Gasteiger partial charge is 0.273 e. The Morgan fingerprint density at radius 2 is 2.12 bits per heavy atom. The second kappa shape index (κ2) is 6.76. The Morgan fingerprint density at radius 1 is 1.38 bits per heavy atom. The van der Waals surface area contributed by atoms with Gasteiger partial charge in [-0.15, -0.1) is 11.3 Å². The van der Waals surface area contributed by atoms with E-state index in [-0.39, 0.29) is 17.4 Å². The van der Waals surface area contributed by atoms with E-state index >= 15 is 0 Å². The van der Waals surface area contributed by atoms with E-state index < -0.39 is 6.10 Å². The number of aromatic nitrogens is 1. The number of aliphatic hydroxyl groups excluding tert-OH is 1. The summed E-state index contributed by atoms with van der Waals surface area (Å²) in [5.41, 5.74) is 4.47. The molecule has 1 aromatic carbocycles. The number of carbonyl (C=O) groups is 1. The summed E-state index contributed by atoms with van der Waals surface area (Å²) in [5, 5.41) is 13.1. The van der Waals surface area contributed by atoms with Gasteiger partial charge in [-0.3, -0.25) is 9.69 Å². The average molecular weight is 372 g/mol. The molecule has 1 aromatic heterocycles. The van der Waals surface area contributed by atoms with Gasteiger partial charge >= 0.3 is 0 Å². The van der Waals surface area contributed by atoms with Crippen molar-refractivity contribution in [2.45, 2.75) is 37.3 Å². The van der Waals surface area contributed by atoms with E-state index in [4.69, 9.17) is 0 Å². The Morgan fingerprint density at radius 3 is 2.77 bits per heavy atom. The fourth-order valence-electron chi connectivity index (χ4n) is 4.67. The van der Waals surface area contributed by atoms with Crippen molar-refractivity contribution in [3.63, 3.8) is 0 Å². The van der Waals surface area contributed by atoms with Gasteiger partial charge in [0.05, 0.1) is 17.7 Å². The minimum Gasteiger partial charge on any atom is -0.390 e. The van der Waals surface area contributed by atoms with E-state index in [9.17, 15) is 9.90 Å². The number of benzene rings is 1. The predicted octanol–water partition coefficient (Wildman–Crippen LogP) is 2.68. The molecule has 0 saturated carbocycles. The molecule has 1 fully saturated rings. The van der Waals surface area contributed by atoms with Crippen LogP contribution in [0, 0.1) is 0 Å². The first-order valence-corrected chi connectivity index (χ1v) is 10.2. The van der Waals surface area contributed by atoms with E-state index in [1.165, 1.54) is 22.5 Å². The number of aliphatic hydroxyl groups is 1. The van der Waals surface area contributed by atoms with Crippen LogP contribution >= 0.6 is 11.3 Å². The SMILES string of the molecule is CCN(C)[C@H]1c2ccccc2C2(CCN(C(=O)c3cscn3)CC2)[C@@H]1O. The monoisotopic (exact) mass is 371 g/mol. The van der Waals surface area contributed by atoms with Crippen molar-refractivity contribution < 1.29 is 9.90 Å². The summed E-state index contributed by atoms with van der Waals surface area (Å²) in [6.45, 7) is 4.32. The van der Waals surface area contributed by atoms with Gasteiger partial charge in [0.15, 0.2) is 0 Å². The van der Waals surface area contributed by atoms with Crippen LogP contribution < -0.4 is 0 Å². The molecule has 138 valence electrons. The van der Waals surface area contributed by atoms with Crippen LogP contribution in [0.5, 0.6) is 0 Å². The van der Waals surface area contributed by atoms with Crippen LogP contribution in [0.25, 0.3) is 0 Å². The third kappa shape index (κ3) is 2.59. The molecule has 1 aliphatic heterocycles. The van der Waals surface area contributed by atoms with Gasteiger partial charge in [0, 0.05) is 23.9 Å². The standard InChI is InChI=1S/C20H25N3O2S/c1-3-22(2)17-14-6-4-5-7-15(14)20(18(17)24)8-10-23(11-9-20)19(25)16-12-26-13-21-16/h4-7,12-13,17-18,24H,3,8-11H2,1-2H3/t17-,18+/m0/s1. The number of thiazole rings is 1. The zero-order valence-corrected chi connectivity index (χ0v) is 16.1. The number of nitrogens with zero attached hydrogens (tertiary/aromatic N) is 3. The first kappa shape index (κ1) is 17.6. The molecular formula is C20H25N3O2S. The molecule has 5 nitrogen and oxygen atoms in total. The molecule has 4 rings (SSSR count). The molecule has 2 aliphatic rings. The van der Waals surface area contributed by atoms with E-state index in [1.807, 2.05) is 4.90 Å². The highest BCUT2D eigenvalue weighted by Gasteiger charge is 2.53. The Hall–Kier alpha value is -1.76. The highest BCUT2D eigenvalue weighted by molar-refractivity contribution is 7.07.